The number of non-ortho nitro benzene ring substituents is 1. The van der Waals surface area contributed by atoms with Crippen LogP contribution < -0.4 is 9.47 Å². The number of nitro groups is 1. The van der Waals surface area contributed by atoms with Gasteiger partial charge in [-0.1, -0.05) is 6.07 Å². The van der Waals surface area contributed by atoms with E-state index in [0.29, 0.717) is 33.4 Å². The Bertz CT molecular complexity index is 1270. The number of rotatable bonds is 6. The molecule has 2 aromatic carbocycles. The molecule has 30 heavy (non-hydrogen) atoms. The van der Waals surface area contributed by atoms with Crippen molar-refractivity contribution in [3.8, 4) is 17.4 Å². The molecule has 0 fully saturated rings. The average molecular weight is 409 g/mol. The average Bonchev–Trinajstić information content (AvgIpc) is 3.10. The molecule has 0 amide bonds. The summed E-state index contributed by atoms with van der Waals surface area (Å²) in [6.07, 6.45) is -0.0102. The number of pyridine rings is 1. The van der Waals surface area contributed by atoms with E-state index in [0.717, 1.165) is 5.52 Å². The van der Waals surface area contributed by atoms with Crippen LogP contribution in [0.5, 0.6) is 17.4 Å². The molecule has 0 aliphatic heterocycles. The van der Waals surface area contributed by atoms with Gasteiger partial charge in [-0.05, 0) is 24.3 Å². The third-order valence-electron chi connectivity index (χ3n) is 4.43. The summed E-state index contributed by atoms with van der Waals surface area (Å²) < 4.78 is 16.0. The van der Waals surface area contributed by atoms with Gasteiger partial charge in [0.25, 0.3) is 5.69 Å². The highest BCUT2D eigenvalue weighted by Gasteiger charge is 2.20. The highest BCUT2D eigenvalue weighted by atomic mass is 16.7. The molecule has 10 nitrogen and oxygen atoms in total. The van der Waals surface area contributed by atoms with Crippen LogP contribution in [0.2, 0.25) is 0 Å². The Kier molecular flexibility index (Phi) is 4.90. The molecule has 0 radical (unpaired) electrons. The molecule has 2 heterocycles. The van der Waals surface area contributed by atoms with Crippen molar-refractivity contribution in [3.63, 3.8) is 0 Å². The number of H-pyrrole nitrogens is 1. The summed E-state index contributed by atoms with van der Waals surface area (Å²) in [4.78, 5) is 28.7. The zero-order valence-electron chi connectivity index (χ0n) is 15.6. The first-order valence-corrected chi connectivity index (χ1v) is 8.72. The van der Waals surface area contributed by atoms with Gasteiger partial charge in [-0.25, -0.2) is 9.78 Å². The number of fused-ring (bicyclic) bond motifs is 3. The standard InChI is InChI=1S/C20H15N3O7/c1-28-10-13-17-15(9-21-19(13)30-20(24)25)22-14-3-2-4-16(18(14)17)29-12-7-5-11(6-8-12)23(26)27/h2-9,22H,10H2,1H3,(H,24,25). The van der Waals surface area contributed by atoms with Gasteiger partial charge in [-0.2, -0.15) is 0 Å². The van der Waals surface area contributed by atoms with E-state index in [1.54, 1.807) is 12.1 Å². The number of hydrogen-bond acceptors (Lipinski definition) is 7. The number of ether oxygens (including phenoxy) is 3. The minimum Gasteiger partial charge on any atom is -0.457 e. The summed E-state index contributed by atoms with van der Waals surface area (Å²) in [5, 5.41) is 21.2. The largest absolute Gasteiger partial charge is 0.512 e. The summed E-state index contributed by atoms with van der Waals surface area (Å²) in [7, 11) is 1.48. The number of benzene rings is 2. The molecule has 2 N–H and O–H groups in total. The summed E-state index contributed by atoms with van der Waals surface area (Å²) in [5.41, 5.74) is 1.78. The number of nitro benzene ring substituents is 1. The van der Waals surface area contributed by atoms with Crippen molar-refractivity contribution in [1.82, 2.24) is 9.97 Å². The summed E-state index contributed by atoms with van der Waals surface area (Å²) >= 11 is 0. The maximum absolute atomic E-state index is 11.1. The van der Waals surface area contributed by atoms with Crippen molar-refractivity contribution >= 4 is 33.6 Å². The van der Waals surface area contributed by atoms with Crippen LogP contribution >= 0.6 is 0 Å². The number of aromatic nitrogens is 2. The fourth-order valence-corrected chi connectivity index (χ4v) is 3.25. The molecule has 4 aromatic rings. The number of carboxylic acid groups (broad SMARTS) is 1. The predicted octanol–water partition coefficient (Wildman–Crippen LogP) is 4.62. The van der Waals surface area contributed by atoms with Crippen molar-refractivity contribution < 1.29 is 29.0 Å². The van der Waals surface area contributed by atoms with E-state index < -0.39 is 11.1 Å². The van der Waals surface area contributed by atoms with Crippen LogP contribution in [0.3, 0.4) is 0 Å². The van der Waals surface area contributed by atoms with Gasteiger partial charge >= 0.3 is 6.16 Å². The Morgan fingerprint density at radius 1 is 1.17 bits per heavy atom. The zero-order chi connectivity index (χ0) is 21.3. The Hall–Kier alpha value is -4.18. The maximum Gasteiger partial charge on any atom is 0.512 e. The third-order valence-corrected chi connectivity index (χ3v) is 4.43. The minimum atomic E-state index is -1.48. The summed E-state index contributed by atoms with van der Waals surface area (Å²) in [6.45, 7) is 0.0613. The van der Waals surface area contributed by atoms with Crippen LogP contribution in [-0.4, -0.2) is 33.3 Å². The maximum atomic E-state index is 11.1. The first-order chi connectivity index (χ1) is 14.5. The number of carbonyl (C=O) groups is 1. The van der Waals surface area contributed by atoms with Gasteiger partial charge in [0.2, 0.25) is 5.88 Å². The molecule has 10 heteroatoms. The lowest BCUT2D eigenvalue weighted by Crippen LogP contribution is -2.07. The van der Waals surface area contributed by atoms with Crippen molar-refractivity contribution in [3.05, 3.63) is 64.3 Å². The van der Waals surface area contributed by atoms with Gasteiger partial charge in [-0.15, -0.1) is 0 Å². The van der Waals surface area contributed by atoms with Crippen LogP contribution in [-0.2, 0) is 11.3 Å². The highest BCUT2D eigenvalue weighted by molar-refractivity contribution is 6.12. The minimum absolute atomic E-state index is 0.0448. The van der Waals surface area contributed by atoms with Crippen LogP contribution in [0.15, 0.2) is 48.7 Å². The fraction of sp³-hybridized carbons (Fsp3) is 0.100. The Labute approximate surface area is 168 Å². The van der Waals surface area contributed by atoms with Crippen LogP contribution in [0, 0.1) is 10.1 Å². The van der Waals surface area contributed by atoms with E-state index in [1.165, 1.54) is 37.6 Å². The number of methoxy groups -OCH3 is 1. The van der Waals surface area contributed by atoms with E-state index in [1.807, 2.05) is 6.07 Å². The summed E-state index contributed by atoms with van der Waals surface area (Å²) in [6, 6.07) is 11.1. The van der Waals surface area contributed by atoms with Gasteiger partial charge in [0.05, 0.1) is 39.7 Å². The van der Waals surface area contributed by atoms with E-state index in [4.69, 9.17) is 19.3 Å². The molecule has 0 saturated heterocycles. The van der Waals surface area contributed by atoms with Crippen LogP contribution in [0.1, 0.15) is 5.56 Å². The number of nitrogens with zero attached hydrogens (tertiary/aromatic N) is 2. The topological polar surface area (TPSA) is 137 Å². The second-order valence-corrected chi connectivity index (χ2v) is 6.29. The van der Waals surface area contributed by atoms with Gasteiger partial charge in [0.1, 0.15) is 11.5 Å². The van der Waals surface area contributed by atoms with E-state index in [2.05, 4.69) is 9.97 Å². The van der Waals surface area contributed by atoms with Crippen molar-refractivity contribution in [2.75, 3.05) is 7.11 Å². The third kappa shape index (κ3) is 3.47. The molecule has 0 bridgehead atoms. The zero-order valence-corrected chi connectivity index (χ0v) is 15.6. The van der Waals surface area contributed by atoms with Gasteiger partial charge in [-0.3, -0.25) is 10.1 Å². The highest BCUT2D eigenvalue weighted by Crippen LogP contribution is 2.39. The first kappa shape index (κ1) is 19.2. The predicted molar refractivity (Wildman–Crippen MR) is 106 cm³/mol. The molecule has 0 aliphatic carbocycles. The molecular formula is C20H15N3O7. The lowest BCUT2D eigenvalue weighted by atomic mass is 10.1. The van der Waals surface area contributed by atoms with E-state index in [9.17, 15) is 14.9 Å². The first-order valence-electron chi connectivity index (χ1n) is 8.72. The molecule has 0 saturated carbocycles. The number of hydrogen-bond donors (Lipinski definition) is 2. The quantitative estimate of drug-likeness (QED) is 0.267. The molecule has 2 aromatic heterocycles. The Morgan fingerprint density at radius 3 is 2.60 bits per heavy atom. The van der Waals surface area contributed by atoms with Crippen LogP contribution in [0.4, 0.5) is 10.5 Å². The lowest BCUT2D eigenvalue weighted by molar-refractivity contribution is -0.384. The second kappa shape index (κ2) is 7.68. The normalized spacial score (nSPS) is 11.0. The molecular weight excluding hydrogens is 394 g/mol. The Balaban J connectivity index is 1.88. The molecule has 4 rings (SSSR count). The monoisotopic (exact) mass is 409 g/mol. The van der Waals surface area contributed by atoms with Crippen molar-refractivity contribution in [2.24, 2.45) is 0 Å². The van der Waals surface area contributed by atoms with Gasteiger partial charge in [0, 0.05) is 24.6 Å². The molecule has 152 valence electrons. The SMILES string of the molecule is COCc1c(OC(=O)O)ncc2[nH]c3cccc(Oc4ccc([N+](=O)[O-])cc4)c3c12. The Morgan fingerprint density at radius 2 is 1.93 bits per heavy atom. The van der Waals surface area contributed by atoms with E-state index in [-0.39, 0.29) is 18.2 Å². The lowest BCUT2D eigenvalue weighted by Gasteiger charge is -2.10. The molecule has 0 atom stereocenters. The molecule has 0 spiro atoms. The number of nitrogens with one attached hydrogen (secondary N) is 1. The molecule has 0 aliphatic rings. The van der Waals surface area contributed by atoms with E-state index >= 15 is 0 Å². The molecule has 0 unspecified atom stereocenters. The van der Waals surface area contributed by atoms with Crippen LogP contribution in [0.25, 0.3) is 21.8 Å². The fourth-order valence-electron chi connectivity index (χ4n) is 3.25. The van der Waals surface area contributed by atoms with Crippen molar-refractivity contribution in [2.45, 2.75) is 6.61 Å². The summed E-state index contributed by atoms with van der Waals surface area (Å²) in [5.74, 6) is 0.798. The smallest absolute Gasteiger partial charge is 0.457 e. The second-order valence-electron chi connectivity index (χ2n) is 6.29. The van der Waals surface area contributed by atoms with Gasteiger partial charge in [0.15, 0.2) is 0 Å². The van der Waals surface area contributed by atoms with Crippen molar-refractivity contribution in [1.29, 1.82) is 0 Å². The number of aromatic amines is 1. The van der Waals surface area contributed by atoms with Gasteiger partial charge < -0.3 is 24.3 Å².